The van der Waals surface area contributed by atoms with Gasteiger partial charge in [-0.05, 0) is 26.0 Å². The van der Waals surface area contributed by atoms with Crippen LogP contribution in [0.3, 0.4) is 0 Å². The topological polar surface area (TPSA) is 48.5 Å². The van der Waals surface area contributed by atoms with E-state index in [9.17, 15) is 4.79 Å². The molecule has 1 aromatic carbocycles. The van der Waals surface area contributed by atoms with Gasteiger partial charge in [-0.2, -0.15) is 0 Å². The van der Waals surface area contributed by atoms with Gasteiger partial charge in [0, 0.05) is 36.7 Å². The predicted molar refractivity (Wildman–Crippen MR) is 95.3 cm³/mol. The number of hydrogen-bond donors (Lipinski definition) is 1. The normalized spacial score (nSPS) is 15.7. The number of anilines is 2. The lowest BCUT2D eigenvalue weighted by Crippen LogP contribution is -2.48. The van der Waals surface area contributed by atoms with E-state index >= 15 is 0 Å². The molecule has 0 unspecified atom stereocenters. The smallest absolute Gasteiger partial charge is 0.240 e. The van der Waals surface area contributed by atoms with Gasteiger partial charge in [0.2, 0.25) is 5.91 Å². The summed E-state index contributed by atoms with van der Waals surface area (Å²) in [6.07, 6.45) is 0. The molecule has 1 saturated heterocycles. The zero-order chi connectivity index (χ0) is 16.2. The van der Waals surface area contributed by atoms with E-state index < -0.39 is 0 Å². The van der Waals surface area contributed by atoms with E-state index in [0.717, 1.165) is 36.8 Å². The van der Waals surface area contributed by atoms with Crippen molar-refractivity contribution in [3.63, 3.8) is 0 Å². The van der Waals surface area contributed by atoms with Crippen LogP contribution in [0.4, 0.5) is 10.8 Å². The van der Waals surface area contributed by atoms with Gasteiger partial charge in [0.1, 0.15) is 0 Å². The van der Waals surface area contributed by atoms with E-state index in [4.69, 9.17) is 0 Å². The molecule has 0 aliphatic carbocycles. The number of benzene rings is 1. The maximum atomic E-state index is 12.2. The number of para-hydroxylation sites is 1. The van der Waals surface area contributed by atoms with Gasteiger partial charge in [-0.1, -0.05) is 18.2 Å². The zero-order valence-electron chi connectivity index (χ0n) is 13.6. The third kappa shape index (κ3) is 4.09. The van der Waals surface area contributed by atoms with E-state index in [-0.39, 0.29) is 5.91 Å². The molecule has 0 radical (unpaired) electrons. The molecular formula is C17H22N4OS. The van der Waals surface area contributed by atoms with Gasteiger partial charge in [0.25, 0.3) is 0 Å². The molecule has 5 nitrogen and oxygen atoms in total. The lowest BCUT2D eigenvalue weighted by Gasteiger charge is -2.35. The molecule has 1 fully saturated rings. The Morgan fingerprint density at radius 2 is 1.87 bits per heavy atom. The monoisotopic (exact) mass is 330 g/mol. The van der Waals surface area contributed by atoms with Gasteiger partial charge >= 0.3 is 0 Å². The highest BCUT2D eigenvalue weighted by atomic mass is 32.1. The largest absolute Gasteiger partial charge is 0.369 e. The molecule has 1 amide bonds. The molecule has 2 heterocycles. The summed E-state index contributed by atoms with van der Waals surface area (Å²) in [6.45, 7) is 8.12. The van der Waals surface area contributed by atoms with Crippen molar-refractivity contribution in [2.45, 2.75) is 13.8 Å². The van der Waals surface area contributed by atoms with Crippen LogP contribution in [0.1, 0.15) is 10.6 Å². The van der Waals surface area contributed by atoms with Gasteiger partial charge in [0.15, 0.2) is 5.13 Å². The molecule has 122 valence electrons. The van der Waals surface area contributed by atoms with Crippen LogP contribution in [0.15, 0.2) is 30.3 Å². The molecule has 2 aromatic rings. The number of rotatable bonds is 4. The van der Waals surface area contributed by atoms with E-state index in [2.05, 4.69) is 44.4 Å². The summed E-state index contributed by atoms with van der Waals surface area (Å²) >= 11 is 1.53. The number of carbonyl (C=O) groups is 1. The Hall–Kier alpha value is -1.92. The number of nitrogens with zero attached hydrogens (tertiary/aromatic N) is 3. The van der Waals surface area contributed by atoms with Crippen LogP contribution in [-0.4, -0.2) is 48.5 Å². The molecule has 0 bridgehead atoms. The van der Waals surface area contributed by atoms with Crippen LogP contribution in [0.5, 0.6) is 0 Å². The molecule has 1 aromatic heterocycles. The van der Waals surface area contributed by atoms with Crippen molar-refractivity contribution >= 4 is 28.1 Å². The molecule has 1 N–H and O–H groups in total. The number of hydrogen-bond acceptors (Lipinski definition) is 5. The first-order valence-electron chi connectivity index (χ1n) is 7.88. The standard InChI is InChI=1S/C17H22N4OS/c1-13-14(2)23-17(18-13)19-16(22)12-20-8-10-21(11-9-20)15-6-4-3-5-7-15/h3-7H,8-12H2,1-2H3,(H,18,19,22). The van der Waals surface area contributed by atoms with Crippen molar-refractivity contribution < 1.29 is 4.79 Å². The first-order valence-corrected chi connectivity index (χ1v) is 8.70. The van der Waals surface area contributed by atoms with Crippen LogP contribution in [0.2, 0.25) is 0 Å². The van der Waals surface area contributed by atoms with Crippen molar-refractivity contribution in [2.75, 3.05) is 42.9 Å². The maximum absolute atomic E-state index is 12.2. The Bertz CT molecular complexity index is 643. The predicted octanol–water partition coefficient (Wildman–Crippen LogP) is 2.52. The van der Waals surface area contributed by atoms with Crippen molar-refractivity contribution in [1.29, 1.82) is 0 Å². The highest BCUT2D eigenvalue weighted by molar-refractivity contribution is 7.15. The second kappa shape index (κ2) is 7.10. The van der Waals surface area contributed by atoms with Crippen molar-refractivity contribution in [2.24, 2.45) is 0 Å². The first kappa shape index (κ1) is 16.0. The summed E-state index contributed by atoms with van der Waals surface area (Å²) in [7, 11) is 0. The number of nitrogens with one attached hydrogen (secondary N) is 1. The van der Waals surface area contributed by atoms with Crippen LogP contribution < -0.4 is 10.2 Å². The maximum Gasteiger partial charge on any atom is 0.240 e. The molecule has 0 spiro atoms. The number of amides is 1. The molecule has 0 atom stereocenters. The minimum absolute atomic E-state index is 0.0203. The summed E-state index contributed by atoms with van der Waals surface area (Å²) in [6, 6.07) is 10.4. The molecule has 0 saturated carbocycles. The van der Waals surface area contributed by atoms with Gasteiger partial charge in [-0.25, -0.2) is 4.98 Å². The van der Waals surface area contributed by atoms with Crippen LogP contribution in [-0.2, 0) is 4.79 Å². The number of aromatic nitrogens is 1. The van der Waals surface area contributed by atoms with E-state index in [1.165, 1.54) is 17.0 Å². The third-order valence-electron chi connectivity index (χ3n) is 4.14. The Balaban J connectivity index is 1.47. The Kier molecular flexibility index (Phi) is 4.93. The SMILES string of the molecule is Cc1nc(NC(=O)CN2CCN(c3ccccc3)CC2)sc1C. The number of aryl methyl sites for hydroxylation is 2. The molecule has 6 heteroatoms. The Labute approximate surface area is 140 Å². The van der Waals surface area contributed by atoms with Crippen molar-refractivity contribution in [1.82, 2.24) is 9.88 Å². The minimum atomic E-state index is 0.0203. The Morgan fingerprint density at radius 3 is 2.48 bits per heavy atom. The molecule has 1 aliphatic rings. The second-order valence-corrected chi connectivity index (χ2v) is 7.01. The summed E-state index contributed by atoms with van der Waals surface area (Å²) < 4.78 is 0. The number of piperazine rings is 1. The summed E-state index contributed by atoms with van der Waals surface area (Å²) in [5.41, 5.74) is 2.24. The second-order valence-electron chi connectivity index (χ2n) is 5.81. The van der Waals surface area contributed by atoms with Gasteiger partial charge in [-0.15, -0.1) is 11.3 Å². The molecule has 23 heavy (non-hydrogen) atoms. The lowest BCUT2D eigenvalue weighted by molar-refractivity contribution is -0.117. The van der Waals surface area contributed by atoms with Crippen LogP contribution in [0.25, 0.3) is 0 Å². The van der Waals surface area contributed by atoms with Gasteiger partial charge in [0.05, 0.1) is 12.2 Å². The fourth-order valence-corrected chi connectivity index (χ4v) is 3.52. The highest BCUT2D eigenvalue weighted by Gasteiger charge is 2.19. The van der Waals surface area contributed by atoms with Gasteiger partial charge < -0.3 is 10.2 Å². The minimum Gasteiger partial charge on any atom is -0.369 e. The van der Waals surface area contributed by atoms with Crippen LogP contribution >= 0.6 is 11.3 Å². The highest BCUT2D eigenvalue weighted by Crippen LogP contribution is 2.21. The fourth-order valence-electron chi connectivity index (χ4n) is 2.69. The average molecular weight is 330 g/mol. The summed E-state index contributed by atoms with van der Waals surface area (Å²) in [5, 5.41) is 3.61. The fraction of sp³-hybridized carbons (Fsp3) is 0.412. The third-order valence-corrected chi connectivity index (χ3v) is 5.12. The van der Waals surface area contributed by atoms with E-state index in [1.54, 1.807) is 0 Å². The summed E-state index contributed by atoms with van der Waals surface area (Å²) in [5.74, 6) is 0.0203. The summed E-state index contributed by atoms with van der Waals surface area (Å²) in [4.78, 5) is 22.2. The molecule has 1 aliphatic heterocycles. The molecular weight excluding hydrogens is 308 g/mol. The van der Waals surface area contributed by atoms with E-state index in [0.29, 0.717) is 11.7 Å². The lowest BCUT2D eigenvalue weighted by atomic mass is 10.2. The van der Waals surface area contributed by atoms with E-state index in [1.807, 2.05) is 19.9 Å². The average Bonchev–Trinajstić information content (AvgIpc) is 2.86. The Morgan fingerprint density at radius 1 is 1.17 bits per heavy atom. The van der Waals surface area contributed by atoms with Crippen molar-refractivity contribution in [3.8, 4) is 0 Å². The van der Waals surface area contributed by atoms with Crippen molar-refractivity contribution in [3.05, 3.63) is 40.9 Å². The zero-order valence-corrected chi connectivity index (χ0v) is 14.4. The molecule has 3 rings (SSSR count). The van der Waals surface area contributed by atoms with Gasteiger partial charge in [-0.3, -0.25) is 9.69 Å². The first-order chi connectivity index (χ1) is 11.1. The van der Waals surface area contributed by atoms with Crippen LogP contribution in [0, 0.1) is 13.8 Å². The quantitative estimate of drug-likeness (QED) is 0.936. The number of carbonyl (C=O) groups excluding carboxylic acids is 1. The number of thiazole rings is 1.